The zero-order chi connectivity index (χ0) is 11.1. The van der Waals surface area contributed by atoms with Crippen LogP contribution in [0, 0.1) is 0 Å². The molecule has 1 N–H and O–H groups in total. The first-order valence-corrected chi connectivity index (χ1v) is 6.07. The Hall–Kier alpha value is -1.33. The third-order valence-corrected chi connectivity index (χ3v) is 2.99. The van der Waals surface area contributed by atoms with Crippen molar-refractivity contribution < 1.29 is 4.52 Å². The molecule has 0 aliphatic heterocycles. The number of nitrogens with zero attached hydrogens (tertiary/aromatic N) is 2. The van der Waals surface area contributed by atoms with Crippen molar-refractivity contribution in [1.29, 1.82) is 0 Å². The summed E-state index contributed by atoms with van der Waals surface area (Å²) in [5.74, 6) is 1.73. The summed E-state index contributed by atoms with van der Waals surface area (Å²) >= 11 is 1.83. The van der Waals surface area contributed by atoms with Gasteiger partial charge in [0.2, 0.25) is 6.39 Å². The van der Waals surface area contributed by atoms with Gasteiger partial charge in [-0.1, -0.05) is 23.4 Å². The van der Waals surface area contributed by atoms with Crippen LogP contribution < -0.4 is 5.32 Å². The van der Waals surface area contributed by atoms with Crippen molar-refractivity contribution in [2.24, 2.45) is 0 Å². The number of hydrogen-bond acceptors (Lipinski definition) is 5. The van der Waals surface area contributed by atoms with Crippen LogP contribution >= 0.6 is 11.8 Å². The molecule has 2 rings (SSSR count). The first-order chi connectivity index (χ1) is 7.95. The van der Waals surface area contributed by atoms with E-state index >= 15 is 0 Å². The molecule has 84 valence electrons. The minimum atomic E-state index is 0.659. The van der Waals surface area contributed by atoms with E-state index in [1.807, 2.05) is 17.8 Å². The molecule has 0 spiro atoms. The van der Waals surface area contributed by atoms with E-state index in [-0.39, 0.29) is 0 Å². The summed E-state index contributed by atoms with van der Waals surface area (Å²) < 4.78 is 4.63. The summed E-state index contributed by atoms with van der Waals surface area (Å²) in [6, 6.07) is 10.4. The molecule has 0 saturated carbocycles. The molecule has 1 heterocycles. The van der Waals surface area contributed by atoms with Gasteiger partial charge in [-0.05, 0) is 12.1 Å². The highest BCUT2D eigenvalue weighted by Crippen LogP contribution is 2.15. The lowest BCUT2D eigenvalue weighted by Crippen LogP contribution is -2.17. The van der Waals surface area contributed by atoms with Crippen LogP contribution in [0.15, 0.2) is 46.1 Å². The first-order valence-electron chi connectivity index (χ1n) is 5.09. The van der Waals surface area contributed by atoms with Crippen LogP contribution in [0.2, 0.25) is 0 Å². The first kappa shape index (κ1) is 11.2. The number of rotatable bonds is 6. The molecule has 0 atom stereocenters. The summed E-state index contributed by atoms with van der Waals surface area (Å²) in [6.45, 7) is 1.58. The summed E-state index contributed by atoms with van der Waals surface area (Å²) in [5, 5.41) is 6.97. The number of benzene rings is 1. The maximum Gasteiger partial charge on any atom is 0.213 e. The molecule has 0 aliphatic carbocycles. The van der Waals surface area contributed by atoms with Crippen LogP contribution in [0.4, 0.5) is 0 Å². The number of aromatic nitrogens is 2. The molecule has 16 heavy (non-hydrogen) atoms. The Bertz CT molecular complexity index is 391. The molecule has 5 heteroatoms. The quantitative estimate of drug-likeness (QED) is 0.612. The predicted octanol–water partition coefficient (Wildman–Crippen LogP) is 1.95. The third-order valence-electron chi connectivity index (χ3n) is 1.98. The van der Waals surface area contributed by atoms with E-state index in [4.69, 9.17) is 0 Å². The highest BCUT2D eigenvalue weighted by molar-refractivity contribution is 7.99. The van der Waals surface area contributed by atoms with E-state index in [1.165, 1.54) is 11.3 Å². The lowest BCUT2D eigenvalue weighted by molar-refractivity contribution is 0.407. The van der Waals surface area contributed by atoms with Crippen molar-refractivity contribution in [2.75, 3.05) is 12.3 Å². The topological polar surface area (TPSA) is 51.0 Å². The molecule has 0 saturated heterocycles. The maximum atomic E-state index is 4.63. The number of nitrogens with one attached hydrogen (secondary N) is 1. The fraction of sp³-hybridized carbons (Fsp3) is 0.273. The Morgan fingerprint density at radius 3 is 2.88 bits per heavy atom. The zero-order valence-electron chi connectivity index (χ0n) is 8.80. The lowest BCUT2D eigenvalue weighted by atomic mass is 10.4. The van der Waals surface area contributed by atoms with E-state index in [0.717, 1.165) is 12.3 Å². The van der Waals surface area contributed by atoms with Gasteiger partial charge < -0.3 is 9.84 Å². The van der Waals surface area contributed by atoms with Crippen LogP contribution in [-0.4, -0.2) is 22.4 Å². The Morgan fingerprint density at radius 1 is 1.25 bits per heavy atom. The molecule has 1 aromatic heterocycles. The monoisotopic (exact) mass is 235 g/mol. The summed E-state index contributed by atoms with van der Waals surface area (Å²) in [5.41, 5.74) is 0. The standard InChI is InChI=1S/C11H13N3OS/c1-2-4-10(5-3-1)16-7-6-12-8-11-13-9-15-14-11/h1-5,9,12H,6-8H2. The zero-order valence-corrected chi connectivity index (χ0v) is 9.61. The van der Waals surface area contributed by atoms with Crippen molar-refractivity contribution in [3.63, 3.8) is 0 Å². The van der Waals surface area contributed by atoms with Gasteiger partial charge in [0, 0.05) is 17.2 Å². The predicted molar refractivity (Wildman–Crippen MR) is 63.2 cm³/mol. The van der Waals surface area contributed by atoms with Gasteiger partial charge in [0.1, 0.15) is 0 Å². The average molecular weight is 235 g/mol. The van der Waals surface area contributed by atoms with Crippen LogP contribution in [0.1, 0.15) is 5.82 Å². The van der Waals surface area contributed by atoms with Gasteiger partial charge >= 0.3 is 0 Å². The van der Waals surface area contributed by atoms with Crippen molar-refractivity contribution in [2.45, 2.75) is 11.4 Å². The van der Waals surface area contributed by atoms with Gasteiger partial charge in [-0.2, -0.15) is 4.98 Å². The minimum absolute atomic E-state index is 0.659. The number of hydrogen-bond donors (Lipinski definition) is 1. The second kappa shape index (κ2) is 6.30. The summed E-state index contributed by atoms with van der Waals surface area (Å²) in [6.07, 6.45) is 1.34. The van der Waals surface area contributed by atoms with E-state index in [9.17, 15) is 0 Å². The van der Waals surface area contributed by atoms with Gasteiger partial charge in [-0.3, -0.25) is 0 Å². The molecular weight excluding hydrogens is 222 g/mol. The molecule has 0 bridgehead atoms. The normalized spacial score (nSPS) is 10.5. The van der Waals surface area contributed by atoms with Crippen LogP contribution in [0.3, 0.4) is 0 Å². The molecule has 2 aromatic rings. The van der Waals surface area contributed by atoms with Gasteiger partial charge in [0.25, 0.3) is 0 Å². The Balaban J connectivity index is 1.59. The van der Waals surface area contributed by atoms with Crippen molar-refractivity contribution in [3.8, 4) is 0 Å². The summed E-state index contributed by atoms with van der Waals surface area (Å²) in [7, 11) is 0. The van der Waals surface area contributed by atoms with Gasteiger partial charge in [-0.25, -0.2) is 0 Å². The van der Waals surface area contributed by atoms with E-state index in [2.05, 4.69) is 44.2 Å². The van der Waals surface area contributed by atoms with Crippen molar-refractivity contribution >= 4 is 11.8 Å². The smallest absolute Gasteiger partial charge is 0.213 e. The fourth-order valence-corrected chi connectivity index (χ4v) is 2.06. The van der Waals surface area contributed by atoms with Gasteiger partial charge in [0.05, 0.1) is 6.54 Å². The molecular formula is C11H13N3OS. The largest absolute Gasteiger partial charge is 0.343 e. The SMILES string of the molecule is c1ccc(SCCNCc2ncon2)cc1. The van der Waals surface area contributed by atoms with Gasteiger partial charge in [-0.15, -0.1) is 11.8 Å². The lowest BCUT2D eigenvalue weighted by Gasteiger charge is -2.02. The van der Waals surface area contributed by atoms with Crippen LogP contribution in [0.5, 0.6) is 0 Å². The second-order valence-electron chi connectivity index (χ2n) is 3.19. The Labute approximate surface area is 98.4 Å². The summed E-state index contributed by atoms with van der Waals surface area (Å²) in [4.78, 5) is 5.22. The minimum Gasteiger partial charge on any atom is -0.343 e. The molecule has 0 fully saturated rings. The van der Waals surface area contributed by atoms with Gasteiger partial charge in [0.15, 0.2) is 5.82 Å². The molecule has 0 amide bonds. The maximum absolute atomic E-state index is 4.63. The number of thioether (sulfide) groups is 1. The molecule has 1 aromatic carbocycles. The highest BCUT2D eigenvalue weighted by atomic mass is 32.2. The second-order valence-corrected chi connectivity index (χ2v) is 4.35. The van der Waals surface area contributed by atoms with E-state index in [0.29, 0.717) is 12.4 Å². The molecule has 0 aliphatic rings. The van der Waals surface area contributed by atoms with E-state index < -0.39 is 0 Å². The molecule has 4 nitrogen and oxygen atoms in total. The van der Waals surface area contributed by atoms with E-state index in [1.54, 1.807) is 0 Å². The highest BCUT2D eigenvalue weighted by Gasteiger charge is 1.97. The van der Waals surface area contributed by atoms with Crippen molar-refractivity contribution in [3.05, 3.63) is 42.5 Å². The fourth-order valence-electron chi connectivity index (χ4n) is 1.23. The third kappa shape index (κ3) is 3.67. The Kier molecular flexibility index (Phi) is 4.39. The van der Waals surface area contributed by atoms with Crippen LogP contribution in [0.25, 0.3) is 0 Å². The molecule has 0 unspecified atom stereocenters. The van der Waals surface area contributed by atoms with Crippen LogP contribution in [-0.2, 0) is 6.54 Å². The average Bonchev–Trinajstić information content (AvgIpc) is 2.83. The Morgan fingerprint density at radius 2 is 2.12 bits per heavy atom. The van der Waals surface area contributed by atoms with Crippen molar-refractivity contribution in [1.82, 2.24) is 15.5 Å². The molecule has 0 radical (unpaired) electrons.